The lowest BCUT2D eigenvalue weighted by molar-refractivity contribution is -0.106. The zero-order valence-electron chi connectivity index (χ0n) is 6.20. The number of benzene rings is 1. The number of hydrogen-bond donors (Lipinski definition) is 1. The summed E-state index contributed by atoms with van der Waals surface area (Å²) in [6, 6.07) is 5.86. The fourth-order valence-corrected chi connectivity index (χ4v) is 0.795. The van der Waals surface area contributed by atoms with E-state index in [0.717, 1.165) is 0 Å². The molecule has 0 aliphatic carbocycles. The molecule has 62 valence electrons. The summed E-state index contributed by atoms with van der Waals surface area (Å²) >= 11 is 0. The second-order valence-corrected chi connectivity index (χ2v) is 2.10. The largest absolute Gasteiger partial charge is 0.383 e. The predicted octanol–water partition coefficient (Wildman–Crippen LogP) is 0.687. The quantitative estimate of drug-likeness (QED) is 0.399. The van der Waals surface area contributed by atoms with Crippen LogP contribution in [0.2, 0.25) is 0 Å². The molecular weight excluding hydrogens is 159 g/mol. The average Bonchev–Trinajstić information content (AvgIpc) is 2.05. The van der Waals surface area contributed by atoms with E-state index in [1.54, 1.807) is 6.07 Å². The summed E-state index contributed by atoms with van der Waals surface area (Å²) in [4.78, 5) is 13.1. The normalized spacial score (nSPS) is 11.2. The molecule has 0 bridgehead atoms. The van der Waals surface area contributed by atoms with E-state index in [0.29, 0.717) is 0 Å². The number of nitrogens with zero attached hydrogens (tertiary/aromatic N) is 1. The molecule has 0 radical (unpaired) electrons. The predicted molar refractivity (Wildman–Crippen MR) is 43.2 cm³/mol. The molecule has 1 amide bonds. The Morgan fingerprint density at radius 1 is 1.50 bits per heavy atom. The second-order valence-electron chi connectivity index (χ2n) is 2.10. The van der Waals surface area contributed by atoms with Crippen molar-refractivity contribution >= 4 is 12.2 Å². The van der Waals surface area contributed by atoms with Crippen molar-refractivity contribution in [3.8, 4) is 0 Å². The van der Waals surface area contributed by atoms with Gasteiger partial charge in [-0.2, -0.15) is 4.99 Å². The van der Waals surface area contributed by atoms with E-state index >= 15 is 0 Å². The molecule has 1 rings (SSSR count). The van der Waals surface area contributed by atoms with Gasteiger partial charge in [0.05, 0.1) is 5.56 Å². The molecule has 0 heterocycles. The first-order chi connectivity index (χ1) is 5.75. The van der Waals surface area contributed by atoms with Gasteiger partial charge in [-0.25, -0.2) is 4.39 Å². The third-order valence-electron chi connectivity index (χ3n) is 1.34. The van der Waals surface area contributed by atoms with Crippen molar-refractivity contribution in [2.24, 2.45) is 10.7 Å². The van der Waals surface area contributed by atoms with E-state index < -0.39 is 5.82 Å². The van der Waals surface area contributed by atoms with E-state index in [-0.39, 0.29) is 17.8 Å². The molecule has 0 spiro atoms. The molecule has 1 aromatic rings. The molecular formula is C8H7FN2O. The fraction of sp³-hybridized carbons (Fsp3) is 0. The summed E-state index contributed by atoms with van der Waals surface area (Å²) in [7, 11) is 0. The minimum absolute atomic E-state index is 0.108. The van der Waals surface area contributed by atoms with Crippen LogP contribution in [0, 0.1) is 5.82 Å². The number of aliphatic imine (C=N–C) groups is 1. The monoisotopic (exact) mass is 166 g/mol. The number of amidine groups is 1. The van der Waals surface area contributed by atoms with Gasteiger partial charge < -0.3 is 5.73 Å². The van der Waals surface area contributed by atoms with Gasteiger partial charge in [-0.05, 0) is 12.1 Å². The Hall–Kier alpha value is -1.71. The lowest BCUT2D eigenvalue weighted by Gasteiger charge is -1.98. The van der Waals surface area contributed by atoms with E-state index in [2.05, 4.69) is 4.99 Å². The molecule has 2 N–H and O–H groups in total. The molecule has 12 heavy (non-hydrogen) atoms. The van der Waals surface area contributed by atoms with Crippen LogP contribution in [0.5, 0.6) is 0 Å². The molecule has 0 fully saturated rings. The maximum absolute atomic E-state index is 12.9. The van der Waals surface area contributed by atoms with Crippen molar-refractivity contribution in [2.45, 2.75) is 0 Å². The van der Waals surface area contributed by atoms with Gasteiger partial charge in [0.15, 0.2) is 0 Å². The number of carbonyl (C=O) groups excluding carboxylic acids is 1. The minimum atomic E-state index is -0.486. The van der Waals surface area contributed by atoms with Crippen LogP contribution in [-0.2, 0) is 4.79 Å². The molecule has 0 saturated carbocycles. The van der Waals surface area contributed by atoms with Gasteiger partial charge in [0, 0.05) is 0 Å². The topological polar surface area (TPSA) is 55.4 Å². The maximum Gasteiger partial charge on any atom is 0.234 e. The SMILES string of the molecule is NC(=NC=O)c1ccccc1F. The zero-order valence-corrected chi connectivity index (χ0v) is 6.20. The third-order valence-corrected chi connectivity index (χ3v) is 1.34. The first-order valence-corrected chi connectivity index (χ1v) is 3.27. The Labute approximate surface area is 68.7 Å². The Morgan fingerprint density at radius 2 is 2.17 bits per heavy atom. The van der Waals surface area contributed by atoms with Crippen molar-refractivity contribution in [1.29, 1.82) is 0 Å². The van der Waals surface area contributed by atoms with Crippen molar-refractivity contribution in [1.82, 2.24) is 0 Å². The van der Waals surface area contributed by atoms with E-state index in [1.165, 1.54) is 18.2 Å². The molecule has 3 nitrogen and oxygen atoms in total. The molecule has 0 unspecified atom stereocenters. The first-order valence-electron chi connectivity index (χ1n) is 3.27. The first kappa shape index (κ1) is 8.39. The number of hydrogen-bond acceptors (Lipinski definition) is 1. The highest BCUT2D eigenvalue weighted by atomic mass is 19.1. The van der Waals surface area contributed by atoms with Gasteiger partial charge >= 0.3 is 0 Å². The van der Waals surface area contributed by atoms with Crippen LogP contribution in [-0.4, -0.2) is 12.2 Å². The highest BCUT2D eigenvalue weighted by Crippen LogP contribution is 2.04. The van der Waals surface area contributed by atoms with Crippen LogP contribution in [0.3, 0.4) is 0 Å². The highest BCUT2D eigenvalue weighted by molar-refractivity contribution is 6.00. The van der Waals surface area contributed by atoms with Crippen LogP contribution in [0.15, 0.2) is 29.3 Å². The zero-order chi connectivity index (χ0) is 8.97. The Morgan fingerprint density at radius 3 is 2.75 bits per heavy atom. The van der Waals surface area contributed by atoms with Crippen molar-refractivity contribution in [2.75, 3.05) is 0 Å². The van der Waals surface area contributed by atoms with Crippen molar-refractivity contribution < 1.29 is 9.18 Å². The number of rotatable bonds is 2. The van der Waals surface area contributed by atoms with Crippen LogP contribution < -0.4 is 5.73 Å². The molecule has 0 saturated heterocycles. The summed E-state index contributed by atoms with van der Waals surface area (Å²) in [5, 5.41) is 0. The summed E-state index contributed by atoms with van der Waals surface area (Å²) < 4.78 is 12.9. The van der Waals surface area contributed by atoms with E-state index in [4.69, 9.17) is 5.73 Å². The van der Waals surface area contributed by atoms with Crippen LogP contribution >= 0.6 is 0 Å². The van der Waals surface area contributed by atoms with Gasteiger partial charge in [0.25, 0.3) is 0 Å². The van der Waals surface area contributed by atoms with Gasteiger partial charge in [-0.1, -0.05) is 12.1 Å². The molecule has 0 atom stereocenters. The number of amides is 1. The van der Waals surface area contributed by atoms with Gasteiger partial charge in [0.1, 0.15) is 11.7 Å². The fourth-order valence-electron chi connectivity index (χ4n) is 0.795. The van der Waals surface area contributed by atoms with Crippen molar-refractivity contribution in [3.05, 3.63) is 35.6 Å². The Balaban J connectivity index is 3.10. The summed E-state index contributed by atoms with van der Waals surface area (Å²) in [6.45, 7) is 0. The molecule has 0 aliphatic heterocycles. The minimum Gasteiger partial charge on any atom is -0.383 e. The summed E-state index contributed by atoms with van der Waals surface area (Å²) in [5.41, 5.74) is 5.43. The standard InChI is InChI=1S/C8H7FN2O/c9-7-4-2-1-3-6(7)8(10)11-5-12/h1-5H,(H2,10,11,12). The molecule has 1 aromatic carbocycles. The lowest BCUT2D eigenvalue weighted by Crippen LogP contribution is -2.15. The molecule has 4 heteroatoms. The summed E-state index contributed by atoms with van der Waals surface area (Å²) in [6.07, 6.45) is 0.280. The van der Waals surface area contributed by atoms with Crippen LogP contribution in [0.4, 0.5) is 4.39 Å². The lowest BCUT2D eigenvalue weighted by atomic mass is 10.2. The second kappa shape index (κ2) is 3.61. The smallest absolute Gasteiger partial charge is 0.234 e. The highest BCUT2D eigenvalue weighted by Gasteiger charge is 2.03. The van der Waals surface area contributed by atoms with Gasteiger partial charge in [-0.15, -0.1) is 0 Å². The van der Waals surface area contributed by atoms with Crippen molar-refractivity contribution in [3.63, 3.8) is 0 Å². The third kappa shape index (κ3) is 1.66. The van der Waals surface area contributed by atoms with E-state index in [1.807, 2.05) is 0 Å². The Kier molecular flexibility index (Phi) is 2.53. The Bertz CT molecular complexity index is 323. The maximum atomic E-state index is 12.9. The summed E-state index contributed by atoms with van der Waals surface area (Å²) in [5.74, 6) is -0.594. The molecule has 0 aliphatic rings. The van der Waals surface area contributed by atoms with Crippen LogP contribution in [0.1, 0.15) is 5.56 Å². The van der Waals surface area contributed by atoms with Gasteiger partial charge in [-0.3, -0.25) is 4.79 Å². The van der Waals surface area contributed by atoms with Crippen LogP contribution in [0.25, 0.3) is 0 Å². The number of carbonyl (C=O) groups is 1. The average molecular weight is 166 g/mol. The van der Waals surface area contributed by atoms with Gasteiger partial charge in [0.2, 0.25) is 6.41 Å². The molecule has 0 aromatic heterocycles. The number of halogens is 1. The number of nitrogens with two attached hydrogens (primary N) is 1. The van der Waals surface area contributed by atoms with E-state index in [9.17, 15) is 9.18 Å².